The van der Waals surface area contributed by atoms with Crippen LogP contribution < -0.4 is 5.73 Å². The quantitative estimate of drug-likeness (QED) is 0.852. The van der Waals surface area contributed by atoms with Gasteiger partial charge in [-0.3, -0.25) is 0 Å². The van der Waals surface area contributed by atoms with E-state index < -0.39 is 0 Å². The molecule has 5 heteroatoms. The minimum Gasteiger partial charge on any atom is -0.396 e. The van der Waals surface area contributed by atoms with E-state index in [1.54, 1.807) is 11.3 Å². The smallest absolute Gasteiger partial charge is 0.0561 e. The maximum Gasteiger partial charge on any atom is 0.0561 e. The first kappa shape index (κ1) is 13.2. The Morgan fingerprint density at radius 2 is 2.31 bits per heavy atom. The lowest BCUT2D eigenvalue weighted by Gasteiger charge is -2.08. The summed E-state index contributed by atoms with van der Waals surface area (Å²) in [5.41, 5.74) is 5.84. The summed E-state index contributed by atoms with van der Waals surface area (Å²) < 4.78 is 0. The molecule has 0 aliphatic rings. The average molecular weight is 242 g/mol. The van der Waals surface area contributed by atoms with Gasteiger partial charge < -0.3 is 10.8 Å². The van der Waals surface area contributed by atoms with Gasteiger partial charge in [0.15, 0.2) is 0 Å². The molecule has 1 rings (SSSR count). The zero-order chi connectivity index (χ0) is 8.97. The SMILES string of the molecule is Cl.N[C@@H](CCCO)c1sccc1Cl. The maximum absolute atomic E-state index is 8.60. The lowest BCUT2D eigenvalue weighted by atomic mass is 10.1. The second-order valence-electron chi connectivity index (χ2n) is 2.61. The van der Waals surface area contributed by atoms with Crippen molar-refractivity contribution >= 4 is 35.3 Å². The maximum atomic E-state index is 8.60. The molecule has 0 saturated carbocycles. The Morgan fingerprint density at radius 1 is 1.62 bits per heavy atom. The highest BCUT2D eigenvalue weighted by atomic mass is 35.5. The molecule has 3 N–H and O–H groups in total. The van der Waals surface area contributed by atoms with Crippen LogP contribution in [-0.2, 0) is 0 Å². The van der Waals surface area contributed by atoms with Gasteiger partial charge in [-0.2, -0.15) is 0 Å². The zero-order valence-electron chi connectivity index (χ0n) is 7.07. The molecule has 1 aromatic heterocycles. The van der Waals surface area contributed by atoms with Gasteiger partial charge in [0.25, 0.3) is 0 Å². The number of aliphatic hydroxyl groups is 1. The molecule has 0 saturated heterocycles. The second-order valence-corrected chi connectivity index (χ2v) is 3.96. The van der Waals surface area contributed by atoms with Gasteiger partial charge in [0.1, 0.15) is 0 Å². The molecule has 1 heterocycles. The molecule has 0 fully saturated rings. The van der Waals surface area contributed by atoms with Gasteiger partial charge in [0.2, 0.25) is 0 Å². The van der Waals surface area contributed by atoms with Crippen molar-refractivity contribution in [1.82, 2.24) is 0 Å². The molecule has 0 radical (unpaired) electrons. The van der Waals surface area contributed by atoms with Crippen molar-refractivity contribution in [3.8, 4) is 0 Å². The van der Waals surface area contributed by atoms with Crippen LogP contribution in [0.1, 0.15) is 23.8 Å². The van der Waals surface area contributed by atoms with Crippen molar-refractivity contribution in [2.45, 2.75) is 18.9 Å². The molecule has 0 bridgehead atoms. The monoisotopic (exact) mass is 241 g/mol. The molecular formula is C8H13Cl2NOS. The first-order valence-corrected chi connectivity index (χ1v) is 5.10. The third kappa shape index (κ3) is 3.83. The third-order valence-corrected chi connectivity index (χ3v) is 3.15. The zero-order valence-corrected chi connectivity index (χ0v) is 9.46. The fourth-order valence-corrected chi connectivity index (χ4v) is 2.25. The van der Waals surface area contributed by atoms with Crippen molar-refractivity contribution < 1.29 is 5.11 Å². The minimum absolute atomic E-state index is 0. The lowest BCUT2D eigenvalue weighted by molar-refractivity contribution is 0.280. The Morgan fingerprint density at radius 3 is 2.77 bits per heavy atom. The molecule has 0 unspecified atom stereocenters. The second kappa shape index (κ2) is 6.62. The highest BCUT2D eigenvalue weighted by Crippen LogP contribution is 2.29. The van der Waals surface area contributed by atoms with Crippen LogP contribution in [0, 0.1) is 0 Å². The van der Waals surface area contributed by atoms with E-state index >= 15 is 0 Å². The van der Waals surface area contributed by atoms with Gasteiger partial charge in [-0.25, -0.2) is 0 Å². The average Bonchev–Trinajstić information content (AvgIpc) is 2.47. The van der Waals surface area contributed by atoms with E-state index in [-0.39, 0.29) is 25.1 Å². The van der Waals surface area contributed by atoms with E-state index in [4.69, 9.17) is 22.4 Å². The minimum atomic E-state index is -0.0235. The summed E-state index contributed by atoms with van der Waals surface area (Å²) in [5, 5.41) is 11.3. The molecule has 1 atom stereocenters. The summed E-state index contributed by atoms with van der Waals surface area (Å²) in [6.45, 7) is 0.191. The lowest BCUT2D eigenvalue weighted by Crippen LogP contribution is -2.09. The molecule has 1 aromatic rings. The Kier molecular flexibility index (Phi) is 6.73. The van der Waals surface area contributed by atoms with Crippen LogP contribution in [0.5, 0.6) is 0 Å². The molecule has 0 aromatic carbocycles. The van der Waals surface area contributed by atoms with Crippen LogP contribution in [0.4, 0.5) is 0 Å². The summed E-state index contributed by atoms with van der Waals surface area (Å²) in [4.78, 5) is 1.02. The van der Waals surface area contributed by atoms with Gasteiger partial charge in [-0.1, -0.05) is 11.6 Å². The van der Waals surface area contributed by atoms with Crippen molar-refractivity contribution in [3.63, 3.8) is 0 Å². The number of hydrogen-bond acceptors (Lipinski definition) is 3. The number of nitrogens with two attached hydrogens (primary N) is 1. The van der Waals surface area contributed by atoms with Crippen LogP contribution in [0.25, 0.3) is 0 Å². The van der Waals surface area contributed by atoms with Crippen molar-refractivity contribution in [3.05, 3.63) is 21.3 Å². The summed E-state index contributed by atoms with van der Waals surface area (Å²) in [5.74, 6) is 0. The predicted molar refractivity (Wildman–Crippen MR) is 59.8 cm³/mol. The molecule has 0 aliphatic heterocycles. The molecule has 0 aliphatic carbocycles. The van der Waals surface area contributed by atoms with E-state index in [9.17, 15) is 0 Å². The molecule has 0 spiro atoms. The van der Waals surface area contributed by atoms with Crippen molar-refractivity contribution in [1.29, 1.82) is 0 Å². The Labute approximate surface area is 93.1 Å². The number of hydrogen-bond donors (Lipinski definition) is 2. The molecular weight excluding hydrogens is 229 g/mol. The summed E-state index contributed by atoms with van der Waals surface area (Å²) in [6.07, 6.45) is 1.52. The van der Waals surface area contributed by atoms with E-state index in [1.807, 2.05) is 11.4 Å². The highest BCUT2D eigenvalue weighted by molar-refractivity contribution is 7.10. The predicted octanol–water partition coefficient (Wildman–Crippen LogP) is 2.60. The van der Waals surface area contributed by atoms with Crippen LogP contribution in [0.2, 0.25) is 5.02 Å². The highest BCUT2D eigenvalue weighted by Gasteiger charge is 2.10. The number of thiophene rings is 1. The van der Waals surface area contributed by atoms with Crippen LogP contribution in [0.15, 0.2) is 11.4 Å². The number of aliphatic hydroxyl groups excluding tert-OH is 1. The van der Waals surface area contributed by atoms with Crippen LogP contribution in [0.3, 0.4) is 0 Å². The first-order chi connectivity index (χ1) is 5.75. The van der Waals surface area contributed by atoms with Crippen LogP contribution in [-0.4, -0.2) is 11.7 Å². The number of rotatable bonds is 4. The third-order valence-electron chi connectivity index (χ3n) is 1.65. The van der Waals surface area contributed by atoms with E-state index in [0.29, 0.717) is 0 Å². The van der Waals surface area contributed by atoms with E-state index in [0.717, 1.165) is 22.7 Å². The van der Waals surface area contributed by atoms with Gasteiger partial charge in [-0.05, 0) is 24.3 Å². The summed E-state index contributed by atoms with van der Waals surface area (Å²) in [7, 11) is 0. The first-order valence-electron chi connectivity index (χ1n) is 3.85. The molecule has 0 amide bonds. The van der Waals surface area contributed by atoms with Gasteiger partial charge in [0.05, 0.1) is 5.02 Å². The fraction of sp³-hybridized carbons (Fsp3) is 0.500. The largest absolute Gasteiger partial charge is 0.396 e. The van der Waals surface area contributed by atoms with Gasteiger partial charge in [0, 0.05) is 17.5 Å². The number of halogens is 2. The Balaban J connectivity index is 0.00000144. The summed E-state index contributed by atoms with van der Waals surface area (Å²) >= 11 is 7.45. The fourth-order valence-electron chi connectivity index (χ4n) is 1.01. The standard InChI is InChI=1S/C8H12ClNOS.ClH/c9-6-3-5-12-8(6)7(10)2-1-4-11;/h3,5,7,11H,1-2,4,10H2;1H/t7-;/m0./s1. The van der Waals surface area contributed by atoms with Crippen molar-refractivity contribution in [2.24, 2.45) is 5.73 Å². The van der Waals surface area contributed by atoms with Crippen LogP contribution >= 0.6 is 35.3 Å². The normalized spacial score (nSPS) is 12.2. The Hall–Kier alpha value is 0.200. The molecule has 13 heavy (non-hydrogen) atoms. The summed E-state index contributed by atoms with van der Waals surface area (Å²) in [6, 6.07) is 1.82. The Bertz CT molecular complexity index is 242. The molecule has 76 valence electrons. The topological polar surface area (TPSA) is 46.2 Å². The van der Waals surface area contributed by atoms with E-state index in [2.05, 4.69) is 0 Å². The van der Waals surface area contributed by atoms with Gasteiger partial charge in [-0.15, -0.1) is 23.7 Å². The van der Waals surface area contributed by atoms with E-state index in [1.165, 1.54) is 0 Å². The van der Waals surface area contributed by atoms with Crippen molar-refractivity contribution in [2.75, 3.05) is 6.61 Å². The molecule has 2 nitrogen and oxygen atoms in total. The van der Waals surface area contributed by atoms with Gasteiger partial charge >= 0.3 is 0 Å².